The maximum atomic E-state index is 12.5. The first-order valence-electron chi connectivity index (χ1n) is 15.6. The minimum absolute atomic E-state index is 0. The molecule has 0 bridgehead atoms. The number of ketones is 2. The van der Waals surface area contributed by atoms with E-state index in [-0.39, 0.29) is 37.5 Å². The fourth-order valence-electron chi connectivity index (χ4n) is 6.37. The van der Waals surface area contributed by atoms with Gasteiger partial charge < -0.3 is 0 Å². The highest BCUT2D eigenvalue weighted by atomic mass is 16.1. The molecule has 40 heavy (non-hydrogen) atoms. The van der Waals surface area contributed by atoms with E-state index in [0.717, 1.165) is 64.2 Å². The molecule has 0 aliphatic heterocycles. The predicted molar refractivity (Wildman–Crippen MR) is 178 cm³/mol. The van der Waals surface area contributed by atoms with Crippen molar-refractivity contribution in [3.8, 4) is 0 Å². The summed E-state index contributed by atoms with van der Waals surface area (Å²) in [5.41, 5.74) is 2.60. The molecule has 228 valence electrons. The smallest absolute Gasteiger partial charge is 0.142 e. The Kier molecular flexibility index (Phi) is 20.6. The molecule has 2 aliphatic carbocycles. The summed E-state index contributed by atoms with van der Waals surface area (Å²) in [6, 6.07) is 20.8. The summed E-state index contributed by atoms with van der Waals surface area (Å²) in [6.07, 6.45) is 10.2. The molecule has 2 aromatic carbocycles. The Morgan fingerprint density at radius 3 is 1.05 bits per heavy atom. The highest BCUT2D eigenvalue weighted by Crippen LogP contribution is 2.45. The molecule has 2 atom stereocenters. The summed E-state index contributed by atoms with van der Waals surface area (Å²) >= 11 is 0. The van der Waals surface area contributed by atoms with Gasteiger partial charge in [0.2, 0.25) is 0 Å². The first-order chi connectivity index (χ1) is 18.4. The van der Waals surface area contributed by atoms with Gasteiger partial charge in [-0.1, -0.05) is 131 Å². The molecular formula is C38H64O2. The zero-order valence-corrected chi connectivity index (χ0v) is 25.8. The fourth-order valence-corrected chi connectivity index (χ4v) is 6.37. The van der Waals surface area contributed by atoms with E-state index in [2.05, 4.69) is 76.2 Å². The van der Waals surface area contributed by atoms with E-state index in [1.165, 1.54) is 11.1 Å². The van der Waals surface area contributed by atoms with Crippen molar-refractivity contribution in [2.75, 3.05) is 0 Å². The van der Waals surface area contributed by atoms with Crippen LogP contribution in [0.25, 0.3) is 0 Å². The van der Waals surface area contributed by atoms with Gasteiger partial charge in [-0.25, -0.2) is 0 Å². The van der Waals surface area contributed by atoms with Crippen molar-refractivity contribution in [3.05, 3.63) is 71.8 Å². The van der Waals surface area contributed by atoms with Crippen LogP contribution in [0.1, 0.15) is 133 Å². The van der Waals surface area contributed by atoms with Crippen LogP contribution in [0.5, 0.6) is 0 Å². The number of Topliss-reactive ketones (excluding diaryl/α,β-unsaturated/α-hetero) is 2. The Bertz CT molecular complexity index is 830. The summed E-state index contributed by atoms with van der Waals surface area (Å²) in [4.78, 5) is 25.0. The second-order valence-corrected chi connectivity index (χ2v) is 10.6. The van der Waals surface area contributed by atoms with Gasteiger partial charge in [-0.3, -0.25) is 9.59 Å². The summed E-state index contributed by atoms with van der Waals surface area (Å²) in [5.74, 6) is 1.56. The van der Waals surface area contributed by atoms with Crippen molar-refractivity contribution >= 4 is 11.6 Å². The zero-order valence-electron chi connectivity index (χ0n) is 25.8. The van der Waals surface area contributed by atoms with E-state index in [0.29, 0.717) is 11.6 Å². The Morgan fingerprint density at radius 2 is 0.825 bits per heavy atom. The molecule has 2 aliphatic rings. The Morgan fingerprint density at radius 1 is 0.550 bits per heavy atom. The molecule has 2 aromatic rings. The van der Waals surface area contributed by atoms with Crippen LogP contribution in [0.3, 0.4) is 0 Å². The molecule has 4 rings (SSSR count). The Labute approximate surface area is 249 Å². The zero-order chi connectivity index (χ0) is 28.6. The van der Waals surface area contributed by atoms with Crippen molar-refractivity contribution in [1.29, 1.82) is 0 Å². The van der Waals surface area contributed by atoms with Gasteiger partial charge >= 0.3 is 0 Å². The first kappa shape index (κ1) is 39.9. The second-order valence-electron chi connectivity index (χ2n) is 10.6. The average Bonchev–Trinajstić information content (AvgIpc) is 3.48. The van der Waals surface area contributed by atoms with Crippen LogP contribution in [0, 0.1) is 22.7 Å². The van der Waals surface area contributed by atoms with Gasteiger partial charge in [-0.15, -0.1) is 0 Å². The lowest BCUT2D eigenvalue weighted by atomic mass is 9.78. The average molecular weight is 553 g/mol. The van der Waals surface area contributed by atoms with E-state index < -0.39 is 0 Å². The van der Waals surface area contributed by atoms with E-state index in [1.807, 2.05) is 39.8 Å². The van der Waals surface area contributed by atoms with Gasteiger partial charge in [0, 0.05) is 22.7 Å². The minimum atomic E-state index is -0.000549. The van der Waals surface area contributed by atoms with Gasteiger partial charge in [0.15, 0.2) is 0 Å². The lowest BCUT2D eigenvalue weighted by Crippen LogP contribution is -2.28. The topological polar surface area (TPSA) is 34.1 Å². The molecule has 2 fully saturated rings. The quantitative estimate of drug-likeness (QED) is 0.326. The van der Waals surface area contributed by atoms with E-state index >= 15 is 0 Å². The SMILES string of the molecule is C.C.CC.CC.CCC1(CC)CCC(Cc2ccccc2)C1=O.CCC1(CC)CCC(Cc2ccccc2)C1=O. The maximum Gasteiger partial charge on any atom is 0.142 e. The van der Waals surface area contributed by atoms with Crippen molar-refractivity contribution in [2.24, 2.45) is 22.7 Å². The molecule has 2 heteroatoms. The maximum absolute atomic E-state index is 12.5. The standard InChI is InChI=1S/2C16H22O.2C2H6.2CH4/c2*1-3-16(4-2)11-10-14(15(16)17)12-13-8-6-5-7-9-13;2*1-2;;/h2*5-9,14H,3-4,10-12H2,1-2H3;2*1-2H3;2*1H4. The molecule has 0 saturated heterocycles. The molecular weight excluding hydrogens is 488 g/mol. The van der Waals surface area contributed by atoms with Crippen molar-refractivity contribution < 1.29 is 9.59 Å². The van der Waals surface area contributed by atoms with E-state index in [9.17, 15) is 9.59 Å². The van der Waals surface area contributed by atoms with Crippen LogP contribution in [-0.4, -0.2) is 11.6 Å². The van der Waals surface area contributed by atoms with Crippen LogP contribution in [0.15, 0.2) is 60.7 Å². The van der Waals surface area contributed by atoms with Crippen LogP contribution in [0.4, 0.5) is 0 Å². The summed E-state index contributed by atoms with van der Waals surface area (Å²) < 4.78 is 0. The lowest BCUT2D eigenvalue weighted by Gasteiger charge is -2.24. The Hall–Kier alpha value is -2.22. The largest absolute Gasteiger partial charge is 0.299 e. The van der Waals surface area contributed by atoms with Crippen LogP contribution in [-0.2, 0) is 22.4 Å². The molecule has 0 N–H and O–H groups in total. The number of hydrogen-bond donors (Lipinski definition) is 0. The number of carbonyl (C=O) groups excluding carboxylic acids is 2. The van der Waals surface area contributed by atoms with Crippen LogP contribution >= 0.6 is 0 Å². The third-order valence-corrected chi connectivity index (χ3v) is 9.09. The minimum Gasteiger partial charge on any atom is -0.299 e. The molecule has 0 radical (unpaired) electrons. The van der Waals surface area contributed by atoms with Gasteiger partial charge in [0.1, 0.15) is 11.6 Å². The van der Waals surface area contributed by atoms with E-state index in [4.69, 9.17) is 0 Å². The lowest BCUT2D eigenvalue weighted by molar-refractivity contribution is -0.130. The number of rotatable bonds is 8. The van der Waals surface area contributed by atoms with Crippen LogP contribution in [0.2, 0.25) is 0 Å². The fraction of sp³-hybridized carbons (Fsp3) is 0.632. The first-order valence-corrected chi connectivity index (χ1v) is 15.6. The highest BCUT2D eigenvalue weighted by molar-refractivity contribution is 5.89. The normalized spacial score (nSPS) is 19.8. The van der Waals surface area contributed by atoms with Crippen molar-refractivity contribution in [1.82, 2.24) is 0 Å². The number of hydrogen-bond acceptors (Lipinski definition) is 2. The van der Waals surface area contributed by atoms with Crippen molar-refractivity contribution in [2.45, 2.75) is 134 Å². The molecule has 2 nitrogen and oxygen atoms in total. The predicted octanol–water partition coefficient (Wildman–Crippen LogP) is 11.4. The third-order valence-electron chi connectivity index (χ3n) is 9.09. The highest BCUT2D eigenvalue weighted by Gasteiger charge is 2.45. The summed E-state index contributed by atoms with van der Waals surface area (Å²) in [7, 11) is 0. The van der Waals surface area contributed by atoms with Gasteiger partial charge in [-0.2, -0.15) is 0 Å². The van der Waals surface area contributed by atoms with Gasteiger partial charge in [0.05, 0.1) is 0 Å². The Balaban J connectivity index is 0. The molecule has 0 amide bonds. The summed E-state index contributed by atoms with van der Waals surface area (Å²) in [6.45, 7) is 16.6. The van der Waals surface area contributed by atoms with E-state index in [1.54, 1.807) is 0 Å². The van der Waals surface area contributed by atoms with Gasteiger partial charge in [-0.05, 0) is 75.3 Å². The molecule has 2 unspecified atom stereocenters. The molecule has 2 saturated carbocycles. The molecule has 0 spiro atoms. The summed E-state index contributed by atoms with van der Waals surface area (Å²) in [5, 5.41) is 0. The molecule has 0 heterocycles. The monoisotopic (exact) mass is 552 g/mol. The van der Waals surface area contributed by atoms with Crippen LogP contribution < -0.4 is 0 Å². The number of benzene rings is 2. The molecule has 0 aromatic heterocycles. The third kappa shape index (κ3) is 10.0. The van der Waals surface area contributed by atoms with Crippen molar-refractivity contribution in [3.63, 3.8) is 0 Å². The van der Waals surface area contributed by atoms with Gasteiger partial charge in [0.25, 0.3) is 0 Å². The number of carbonyl (C=O) groups is 2. The second kappa shape index (κ2) is 20.6.